The molecular formula is C38H38N2. The molecule has 2 nitrogen and oxygen atoms in total. The molecule has 2 aliphatic heterocycles. The van der Waals surface area contributed by atoms with Gasteiger partial charge in [-0.1, -0.05) is 122 Å². The highest BCUT2D eigenvalue weighted by molar-refractivity contribution is 5.91. The molecule has 0 fully saturated rings. The van der Waals surface area contributed by atoms with Crippen molar-refractivity contribution in [3.8, 4) is 11.1 Å². The second-order valence-electron chi connectivity index (χ2n) is 11.7. The lowest BCUT2D eigenvalue weighted by atomic mass is 9.78. The molecule has 2 heterocycles. The molecule has 40 heavy (non-hydrogen) atoms. The second kappa shape index (κ2) is 10.5. The first-order chi connectivity index (χ1) is 19.7. The summed E-state index contributed by atoms with van der Waals surface area (Å²) in [6.07, 6.45) is 25.3. The number of fused-ring (bicyclic) bond motifs is 4. The number of benzene rings is 3. The minimum Gasteiger partial charge on any atom is -0.358 e. The fraction of sp³-hybridized carbons (Fsp3) is 0.263. The first-order valence-corrected chi connectivity index (χ1v) is 14.9. The molecule has 3 aromatic rings. The zero-order valence-corrected chi connectivity index (χ0v) is 23.5. The Hall–Kier alpha value is -4.04. The maximum Gasteiger partial charge on any atom is 0.0594 e. The summed E-state index contributed by atoms with van der Waals surface area (Å²) in [6.45, 7) is 4.75. The normalized spacial score (nSPS) is 30.1. The van der Waals surface area contributed by atoms with E-state index in [2.05, 4.69) is 157 Å². The van der Waals surface area contributed by atoms with Gasteiger partial charge in [-0.2, -0.15) is 0 Å². The third-order valence-electron chi connectivity index (χ3n) is 9.33. The van der Waals surface area contributed by atoms with Crippen LogP contribution in [0.2, 0.25) is 0 Å². The van der Waals surface area contributed by atoms with E-state index in [4.69, 9.17) is 0 Å². The molecule has 0 radical (unpaired) electrons. The van der Waals surface area contributed by atoms with Gasteiger partial charge < -0.3 is 9.80 Å². The van der Waals surface area contributed by atoms with Crippen LogP contribution in [0.1, 0.15) is 38.2 Å². The average Bonchev–Trinajstić information content (AvgIpc) is 3.36. The molecule has 0 N–H and O–H groups in total. The number of para-hydroxylation sites is 3. The van der Waals surface area contributed by atoms with Crippen molar-refractivity contribution in [1.29, 1.82) is 0 Å². The lowest BCUT2D eigenvalue weighted by molar-refractivity contribution is 0.429. The summed E-state index contributed by atoms with van der Waals surface area (Å²) in [6, 6.07) is 28.1. The Labute approximate surface area is 239 Å². The van der Waals surface area contributed by atoms with Gasteiger partial charge >= 0.3 is 0 Å². The van der Waals surface area contributed by atoms with E-state index in [0.717, 1.165) is 12.8 Å². The van der Waals surface area contributed by atoms with E-state index in [1.807, 2.05) is 0 Å². The van der Waals surface area contributed by atoms with Gasteiger partial charge in [-0.25, -0.2) is 0 Å². The molecule has 4 unspecified atom stereocenters. The largest absolute Gasteiger partial charge is 0.358 e. The first kappa shape index (κ1) is 25.0. The number of allylic oxidation sites excluding steroid dienone is 6. The van der Waals surface area contributed by atoms with Crippen LogP contribution in [0.4, 0.5) is 17.1 Å². The zero-order valence-electron chi connectivity index (χ0n) is 23.5. The molecule has 2 aliphatic carbocycles. The van der Waals surface area contributed by atoms with Gasteiger partial charge in [0.15, 0.2) is 0 Å². The highest BCUT2D eigenvalue weighted by Crippen LogP contribution is 2.53. The Bertz CT molecular complexity index is 1540. The van der Waals surface area contributed by atoms with Gasteiger partial charge in [-0.3, -0.25) is 0 Å². The Morgan fingerprint density at radius 1 is 0.575 bits per heavy atom. The van der Waals surface area contributed by atoms with E-state index < -0.39 is 0 Å². The third-order valence-corrected chi connectivity index (χ3v) is 9.33. The van der Waals surface area contributed by atoms with Crippen LogP contribution in [0, 0.1) is 11.8 Å². The van der Waals surface area contributed by atoms with Crippen molar-refractivity contribution in [2.45, 2.75) is 50.7 Å². The molecule has 3 aromatic carbocycles. The number of nitrogens with zero attached hydrogens (tertiary/aromatic N) is 2. The Balaban J connectivity index is 1.39. The van der Waals surface area contributed by atoms with Crippen LogP contribution in [0.3, 0.4) is 0 Å². The van der Waals surface area contributed by atoms with Gasteiger partial charge in [0.2, 0.25) is 0 Å². The molecule has 0 saturated heterocycles. The lowest BCUT2D eigenvalue weighted by Gasteiger charge is -2.41. The van der Waals surface area contributed by atoms with Gasteiger partial charge in [0.25, 0.3) is 0 Å². The van der Waals surface area contributed by atoms with Crippen molar-refractivity contribution in [1.82, 2.24) is 0 Å². The van der Waals surface area contributed by atoms with Crippen LogP contribution < -0.4 is 9.80 Å². The van der Waals surface area contributed by atoms with E-state index in [-0.39, 0.29) is 6.04 Å². The number of rotatable bonds is 3. The summed E-state index contributed by atoms with van der Waals surface area (Å²) >= 11 is 0. The topological polar surface area (TPSA) is 6.48 Å². The van der Waals surface area contributed by atoms with Crippen LogP contribution in [-0.2, 0) is 0 Å². The van der Waals surface area contributed by atoms with Crippen LogP contribution >= 0.6 is 0 Å². The molecule has 0 spiro atoms. The predicted molar refractivity (Wildman–Crippen MR) is 170 cm³/mol. The van der Waals surface area contributed by atoms with Crippen LogP contribution in [0.5, 0.6) is 0 Å². The molecule has 7 rings (SSSR count). The monoisotopic (exact) mass is 522 g/mol. The van der Waals surface area contributed by atoms with Crippen LogP contribution in [0.15, 0.2) is 134 Å². The van der Waals surface area contributed by atoms with E-state index in [0.29, 0.717) is 29.8 Å². The van der Waals surface area contributed by atoms with Gasteiger partial charge in [0, 0.05) is 46.1 Å². The molecule has 200 valence electrons. The summed E-state index contributed by atoms with van der Waals surface area (Å²) in [5, 5.41) is 0. The van der Waals surface area contributed by atoms with Crippen molar-refractivity contribution in [3.05, 3.63) is 139 Å². The Morgan fingerprint density at radius 3 is 2.10 bits per heavy atom. The molecule has 6 atom stereocenters. The second-order valence-corrected chi connectivity index (χ2v) is 11.7. The minimum atomic E-state index is 0.249. The summed E-state index contributed by atoms with van der Waals surface area (Å²) in [7, 11) is 0. The Morgan fingerprint density at radius 2 is 1.25 bits per heavy atom. The average molecular weight is 523 g/mol. The molecular weight excluding hydrogens is 484 g/mol. The number of anilines is 3. The fourth-order valence-electron chi connectivity index (χ4n) is 7.49. The van der Waals surface area contributed by atoms with E-state index in [1.165, 1.54) is 33.8 Å². The van der Waals surface area contributed by atoms with E-state index in [1.54, 1.807) is 0 Å². The quantitative estimate of drug-likeness (QED) is 0.316. The Kier molecular flexibility index (Phi) is 6.55. The molecule has 0 saturated carbocycles. The van der Waals surface area contributed by atoms with Crippen LogP contribution in [0.25, 0.3) is 11.1 Å². The number of hydrogen-bond acceptors (Lipinski definition) is 2. The van der Waals surface area contributed by atoms with Crippen molar-refractivity contribution >= 4 is 17.1 Å². The summed E-state index contributed by atoms with van der Waals surface area (Å²) in [5.41, 5.74) is 8.01. The molecule has 4 aliphatic rings. The minimum absolute atomic E-state index is 0.249. The third kappa shape index (κ3) is 4.18. The van der Waals surface area contributed by atoms with E-state index in [9.17, 15) is 0 Å². The molecule has 0 aromatic heterocycles. The SMILES string of the molecule is CC1CC=C[C@H]2[C@H]1c1ccccc1N2c1ccccc1-c1ccccc1N1C(C)/C=C\C=C/CC2C=CC=CC21. The summed E-state index contributed by atoms with van der Waals surface area (Å²) < 4.78 is 0. The van der Waals surface area contributed by atoms with Gasteiger partial charge in [0.1, 0.15) is 0 Å². The van der Waals surface area contributed by atoms with Crippen molar-refractivity contribution in [2.24, 2.45) is 11.8 Å². The maximum absolute atomic E-state index is 2.64. The highest BCUT2D eigenvalue weighted by atomic mass is 15.2. The number of hydrogen-bond donors (Lipinski definition) is 0. The maximum atomic E-state index is 2.64. The van der Waals surface area contributed by atoms with Gasteiger partial charge in [-0.15, -0.1) is 0 Å². The van der Waals surface area contributed by atoms with Crippen LogP contribution in [-0.4, -0.2) is 18.1 Å². The summed E-state index contributed by atoms with van der Waals surface area (Å²) in [4.78, 5) is 5.26. The van der Waals surface area contributed by atoms with Gasteiger partial charge in [0.05, 0.1) is 12.1 Å². The fourth-order valence-corrected chi connectivity index (χ4v) is 7.49. The van der Waals surface area contributed by atoms with E-state index >= 15 is 0 Å². The molecule has 0 amide bonds. The first-order valence-electron chi connectivity index (χ1n) is 14.9. The van der Waals surface area contributed by atoms with Crippen molar-refractivity contribution < 1.29 is 0 Å². The summed E-state index contributed by atoms with van der Waals surface area (Å²) in [5.74, 6) is 1.57. The van der Waals surface area contributed by atoms with Crippen molar-refractivity contribution in [3.63, 3.8) is 0 Å². The molecule has 0 bridgehead atoms. The predicted octanol–water partition coefficient (Wildman–Crippen LogP) is 9.38. The smallest absolute Gasteiger partial charge is 0.0594 e. The standard InChI is InChI=1S/C38H38N2/c1-27-15-14-26-37-38(27)32-21-9-13-25-36(32)40(37)35-24-12-8-20-31(35)30-19-7-11-23-34(30)39-28(2)16-4-3-5-17-29-18-6-10-22-33(29)39/h3-14,16,18-29,33,37-38H,15,17H2,1-2H3/b5-3-,16-4-/t27?,28?,29?,33?,37-,38+/m0/s1. The zero-order chi connectivity index (χ0) is 27.1. The van der Waals surface area contributed by atoms with Crippen molar-refractivity contribution in [2.75, 3.05) is 9.80 Å². The molecule has 2 heteroatoms. The highest BCUT2D eigenvalue weighted by Gasteiger charge is 2.42. The lowest BCUT2D eigenvalue weighted by Crippen LogP contribution is -2.44. The van der Waals surface area contributed by atoms with Gasteiger partial charge in [-0.05, 0) is 49.4 Å².